The summed E-state index contributed by atoms with van der Waals surface area (Å²) in [4.78, 5) is 6.99. The van der Waals surface area contributed by atoms with Crippen LogP contribution >= 0.6 is 11.3 Å². The molecule has 0 amide bonds. The summed E-state index contributed by atoms with van der Waals surface area (Å²) in [5, 5.41) is 10.9. The van der Waals surface area contributed by atoms with Crippen LogP contribution in [-0.2, 0) is 31.3 Å². The van der Waals surface area contributed by atoms with Gasteiger partial charge in [-0.05, 0) is 12.0 Å². The van der Waals surface area contributed by atoms with Crippen LogP contribution in [0.15, 0.2) is 36.7 Å². The molecular weight excluding hydrogens is 342 g/mol. The third-order valence-corrected chi connectivity index (χ3v) is 6.21. The SMILES string of the molecule is CC(C)(C)c1nnc(N2CCc3c(ncn3CCc3ccccc3)C2)s1. The van der Waals surface area contributed by atoms with E-state index in [1.54, 1.807) is 11.3 Å². The lowest BCUT2D eigenvalue weighted by Gasteiger charge is -2.26. The standard InChI is InChI=1S/C20H25N5S/c1-20(2,3)18-22-23-19(26-18)24-12-10-17-16(13-24)21-14-25(17)11-9-15-7-5-4-6-8-15/h4-8,14H,9-13H2,1-3H3. The van der Waals surface area contributed by atoms with Gasteiger partial charge >= 0.3 is 0 Å². The fraction of sp³-hybridized carbons (Fsp3) is 0.450. The predicted molar refractivity (Wildman–Crippen MR) is 106 cm³/mol. The minimum Gasteiger partial charge on any atom is -0.340 e. The zero-order chi connectivity index (χ0) is 18.1. The highest BCUT2D eigenvalue weighted by Gasteiger charge is 2.26. The highest BCUT2D eigenvalue weighted by molar-refractivity contribution is 7.15. The molecule has 5 nitrogen and oxygen atoms in total. The number of benzene rings is 1. The molecule has 6 heteroatoms. The van der Waals surface area contributed by atoms with Crippen molar-refractivity contribution in [3.05, 3.63) is 58.6 Å². The third kappa shape index (κ3) is 3.51. The molecule has 3 heterocycles. The Hall–Kier alpha value is -2.21. The molecule has 3 aromatic rings. The first-order valence-electron chi connectivity index (χ1n) is 9.16. The number of aromatic nitrogens is 4. The minimum atomic E-state index is 0.0515. The highest BCUT2D eigenvalue weighted by Crippen LogP contribution is 2.32. The van der Waals surface area contributed by atoms with Crippen LogP contribution < -0.4 is 4.90 Å². The lowest BCUT2D eigenvalue weighted by Crippen LogP contribution is -2.31. The second-order valence-electron chi connectivity index (χ2n) is 7.88. The molecule has 136 valence electrons. The molecule has 0 unspecified atom stereocenters. The number of hydrogen-bond donors (Lipinski definition) is 0. The van der Waals surface area contributed by atoms with Crippen molar-refractivity contribution >= 4 is 16.5 Å². The van der Waals surface area contributed by atoms with Crippen LogP contribution in [0.25, 0.3) is 0 Å². The fourth-order valence-electron chi connectivity index (χ4n) is 3.27. The minimum absolute atomic E-state index is 0.0515. The Morgan fingerprint density at radius 2 is 1.92 bits per heavy atom. The van der Waals surface area contributed by atoms with E-state index in [0.29, 0.717) is 0 Å². The van der Waals surface area contributed by atoms with Crippen LogP contribution in [0.3, 0.4) is 0 Å². The van der Waals surface area contributed by atoms with Crippen molar-refractivity contribution in [3.8, 4) is 0 Å². The summed E-state index contributed by atoms with van der Waals surface area (Å²) in [6.45, 7) is 9.33. The summed E-state index contributed by atoms with van der Waals surface area (Å²) in [5.41, 5.74) is 3.97. The summed E-state index contributed by atoms with van der Waals surface area (Å²) in [6.07, 6.45) is 4.05. The average Bonchev–Trinajstić information content (AvgIpc) is 3.27. The van der Waals surface area contributed by atoms with E-state index in [0.717, 1.165) is 42.6 Å². The summed E-state index contributed by atoms with van der Waals surface area (Å²) in [5.74, 6) is 0. The zero-order valence-corrected chi connectivity index (χ0v) is 16.5. The van der Waals surface area contributed by atoms with Gasteiger partial charge in [0.25, 0.3) is 0 Å². The fourth-order valence-corrected chi connectivity index (χ4v) is 4.19. The van der Waals surface area contributed by atoms with Gasteiger partial charge < -0.3 is 9.47 Å². The second kappa shape index (κ2) is 6.83. The lowest BCUT2D eigenvalue weighted by atomic mass is 9.98. The van der Waals surface area contributed by atoms with Gasteiger partial charge in [0.05, 0.1) is 18.6 Å². The molecule has 0 radical (unpaired) electrons. The Balaban J connectivity index is 1.45. The first-order valence-corrected chi connectivity index (χ1v) is 9.98. The van der Waals surface area contributed by atoms with Gasteiger partial charge in [0.15, 0.2) is 0 Å². The number of anilines is 1. The number of fused-ring (bicyclic) bond motifs is 1. The molecule has 0 fully saturated rings. The quantitative estimate of drug-likeness (QED) is 0.703. The van der Waals surface area contributed by atoms with Crippen molar-refractivity contribution in [3.63, 3.8) is 0 Å². The highest BCUT2D eigenvalue weighted by atomic mass is 32.1. The van der Waals surface area contributed by atoms with Crippen molar-refractivity contribution in [2.45, 2.75) is 52.1 Å². The van der Waals surface area contributed by atoms with E-state index in [2.05, 4.69) is 75.8 Å². The molecule has 0 atom stereocenters. The average molecular weight is 368 g/mol. The van der Waals surface area contributed by atoms with E-state index in [4.69, 9.17) is 0 Å². The van der Waals surface area contributed by atoms with Crippen molar-refractivity contribution in [1.29, 1.82) is 0 Å². The smallest absolute Gasteiger partial charge is 0.208 e. The number of nitrogens with zero attached hydrogens (tertiary/aromatic N) is 5. The van der Waals surface area contributed by atoms with Crippen LogP contribution in [0.4, 0.5) is 5.13 Å². The van der Waals surface area contributed by atoms with Gasteiger partial charge in [-0.25, -0.2) is 4.98 Å². The molecule has 0 bridgehead atoms. The molecule has 0 spiro atoms. The van der Waals surface area contributed by atoms with Crippen molar-refractivity contribution in [1.82, 2.24) is 19.7 Å². The zero-order valence-electron chi connectivity index (χ0n) is 15.6. The molecule has 26 heavy (non-hydrogen) atoms. The summed E-state index contributed by atoms with van der Waals surface area (Å²) in [6, 6.07) is 10.6. The number of imidazole rings is 1. The van der Waals surface area contributed by atoms with Gasteiger partial charge in [0, 0.05) is 30.6 Å². The summed E-state index contributed by atoms with van der Waals surface area (Å²) in [7, 11) is 0. The Morgan fingerprint density at radius 3 is 2.65 bits per heavy atom. The van der Waals surface area contributed by atoms with Crippen molar-refractivity contribution in [2.24, 2.45) is 0 Å². The maximum atomic E-state index is 4.68. The number of rotatable bonds is 4. The summed E-state index contributed by atoms with van der Waals surface area (Å²) < 4.78 is 2.32. The topological polar surface area (TPSA) is 46.8 Å². The van der Waals surface area contributed by atoms with Crippen molar-refractivity contribution in [2.75, 3.05) is 11.4 Å². The molecule has 0 saturated carbocycles. The van der Waals surface area contributed by atoms with Gasteiger partial charge in [0.2, 0.25) is 5.13 Å². The number of aryl methyl sites for hydroxylation is 2. The molecule has 1 aliphatic rings. The van der Waals surface area contributed by atoms with Crippen LogP contribution in [0, 0.1) is 0 Å². The van der Waals surface area contributed by atoms with Crippen molar-refractivity contribution < 1.29 is 0 Å². The van der Waals surface area contributed by atoms with Crippen LogP contribution in [0.2, 0.25) is 0 Å². The third-order valence-electron chi connectivity index (χ3n) is 4.80. The van der Waals surface area contributed by atoms with Gasteiger partial charge in [-0.3, -0.25) is 0 Å². The van der Waals surface area contributed by atoms with E-state index < -0.39 is 0 Å². The van der Waals surface area contributed by atoms with Gasteiger partial charge in [0.1, 0.15) is 5.01 Å². The van der Waals surface area contributed by atoms with Gasteiger partial charge in [-0.1, -0.05) is 62.4 Å². The van der Waals surface area contributed by atoms with E-state index >= 15 is 0 Å². The molecule has 4 rings (SSSR count). The molecule has 1 aromatic carbocycles. The predicted octanol–water partition coefficient (Wildman–Crippen LogP) is 3.84. The Labute approximate surface area is 158 Å². The summed E-state index contributed by atoms with van der Waals surface area (Å²) >= 11 is 1.70. The van der Waals surface area contributed by atoms with E-state index in [-0.39, 0.29) is 5.41 Å². The van der Waals surface area contributed by atoms with Gasteiger partial charge in [-0.15, -0.1) is 10.2 Å². The monoisotopic (exact) mass is 367 g/mol. The molecule has 0 N–H and O–H groups in total. The van der Waals surface area contributed by atoms with E-state index in [1.807, 2.05) is 6.33 Å². The largest absolute Gasteiger partial charge is 0.340 e. The maximum absolute atomic E-state index is 4.68. The Bertz CT molecular complexity index is 875. The second-order valence-corrected chi connectivity index (χ2v) is 8.83. The molecule has 2 aromatic heterocycles. The first-order chi connectivity index (χ1) is 12.5. The lowest BCUT2D eigenvalue weighted by molar-refractivity contribution is 0.577. The maximum Gasteiger partial charge on any atom is 0.208 e. The normalized spacial score (nSPS) is 14.5. The Kier molecular flexibility index (Phi) is 4.53. The van der Waals surface area contributed by atoms with E-state index in [9.17, 15) is 0 Å². The van der Waals surface area contributed by atoms with Crippen LogP contribution in [0.5, 0.6) is 0 Å². The molecular formula is C20H25N5S. The van der Waals surface area contributed by atoms with E-state index in [1.165, 1.54) is 17.0 Å². The Morgan fingerprint density at radius 1 is 1.12 bits per heavy atom. The van der Waals surface area contributed by atoms with Gasteiger partial charge in [-0.2, -0.15) is 0 Å². The first kappa shape index (κ1) is 17.2. The molecule has 0 saturated heterocycles. The molecule has 0 aliphatic carbocycles. The number of hydrogen-bond acceptors (Lipinski definition) is 5. The molecule has 1 aliphatic heterocycles. The van der Waals surface area contributed by atoms with Crippen LogP contribution in [-0.4, -0.2) is 26.3 Å². The van der Waals surface area contributed by atoms with Crippen LogP contribution in [0.1, 0.15) is 42.7 Å².